The van der Waals surface area contributed by atoms with Gasteiger partial charge in [-0.2, -0.15) is 0 Å². The van der Waals surface area contributed by atoms with Gasteiger partial charge in [-0.3, -0.25) is 4.79 Å². The van der Waals surface area contributed by atoms with Crippen LogP contribution >= 0.6 is 0 Å². The fourth-order valence-corrected chi connectivity index (χ4v) is 2.25. The van der Waals surface area contributed by atoms with Crippen LogP contribution in [0.5, 0.6) is 0 Å². The maximum absolute atomic E-state index is 11.7. The Bertz CT molecular complexity index is 683. The summed E-state index contributed by atoms with van der Waals surface area (Å²) < 4.78 is 0. The van der Waals surface area contributed by atoms with E-state index in [2.05, 4.69) is 33.1 Å². The molecule has 2 aromatic rings. The van der Waals surface area contributed by atoms with Crippen molar-refractivity contribution in [2.24, 2.45) is 4.99 Å². The van der Waals surface area contributed by atoms with Gasteiger partial charge in [0.2, 0.25) is 0 Å². The number of nitrogens with one attached hydrogen (secondary N) is 3. The van der Waals surface area contributed by atoms with Crippen molar-refractivity contribution in [1.29, 1.82) is 0 Å². The van der Waals surface area contributed by atoms with Gasteiger partial charge in [0.05, 0.1) is 6.54 Å². The summed E-state index contributed by atoms with van der Waals surface area (Å²) in [6, 6.07) is 17.7. The summed E-state index contributed by atoms with van der Waals surface area (Å²) >= 11 is 0. The van der Waals surface area contributed by atoms with Gasteiger partial charge >= 0.3 is 0 Å². The van der Waals surface area contributed by atoms with Crippen LogP contribution < -0.4 is 16.0 Å². The van der Waals surface area contributed by atoms with Gasteiger partial charge < -0.3 is 16.0 Å². The highest BCUT2D eigenvalue weighted by molar-refractivity contribution is 5.94. The van der Waals surface area contributed by atoms with E-state index in [1.54, 1.807) is 13.1 Å². The smallest absolute Gasteiger partial charge is 0.251 e. The normalized spacial score (nSPS) is 11.0. The van der Waals surface area contributed by atoms with Crippen molar-refractivity contribution in [3.63, 3.8) is 0 Å². The van der Waals surface area contributed by atoms with Crippen molar-refractivity contribution in [3.05, 3.63) is 71.3 Å². The number of guanidine groups is 1. The molecule has 126 valence electrons. The minimum atomic E-state index is -0.0880. The van der Waals surface area contributed by atoms with Crippen molar-refractivity contribution < 1.29 is 4.79 Å². The molecular formula is C19H24N4O. The topological polar surface area (TPSA) is 65.5 Å². The fraction of sp³-hybridized carbons (Fsp3) is 0.263. The maximum atomic E-state index is 11.7. The molecule has 0 radical (unpaired) electrons. The Labute approximate surface area is 143 Å². The quantitative estimate of drug-likeness (QED) is 0.564. The van der Waals surface area contributed by atoms with E-state index in [1.165, 1.54) is 5.56 Å². The fourth-order valence-electron chi connectivity index (χ4n) is 2.25. The number of rotatable bonds is 6. The Morgan fingerprint density at radius 2 is 1.75 bits per heavy atom. The van der Waals surface area contributed by atoms with Crippen LogP contribution in [0.4, 0.5) is 0 Å². The van der Waals surface area contributed by atoms with Crippen molar-refractivity contribution in [2.75, 3.05) is 13.6 Å². The molecule has 0 fully saturated rings. The van der Waals surface area contributed by atoms with Gasteiger partial charge in [0.1, 0.15) is 0 Å². The molecule has 0 aliphatic rings. The summed E-state index contributed by atoms with van der Waals surface area (Å²) in [5.74, 6) is 0.668. The minimum absolute atomic E-state index is 0.0880. The lowest BCUT2D eigenvalue weighted by Gasteiger charge is -2.11. The zero-order valence-corrected chi connectivity index (χ0v) is 14.2. The molecular weight excluding hydrogens is 300 g/mol. The van der Waals surface area contributed by atoms with Crippen molar-refractivity contribution >= 4 is 11.9 Å². The van der Waals surface area contributed by atoms with E-state index in [-0.39, 0.29) is 5.91 Å². The van der Waals surface area contributed by atoms with Gasteiger partial charge in [0.15, 0.2) is 5.96 Å². The highest BCUT2D eigenvalue weighted by atomic mass is 16.1. The lowest BCUT2D eigenvalue weighted by molar-refractivity contribution is 0.0963. The molecule has 0 heterocycles. The average Bonchev–Trinajstić information content (AvgIpc) is 2.64. The van der Waals surface area contributed by atoms with Gasteiger partial charge in [0, 0.05) is 25.7 Å². The van der Waals surface area contributed by atoms with Gasteiger partial charge in [0.25, 0.3) is 5.91 Å². The van der Waals surface area contributed by atoms with E-state index in [0.29, 0.717) is 18.7 Å². The number of nitrogens with zero attached hydrogens (tertiary/aromatic N) is 1. The van der Waals surface area contributed by atoms with Crippen LogP contribution in [-0.4, -0.2) is 25.5 Å². The monoisotopic (exact) mass is 324 g/mol. The van der Waals surface area contributed by atoms with E-state index in [9.17, 15) is 4.79 Å². The average molecular weight is 324 g/mol. The largest absolute Gasteiger partial charge is 0.357 e. The zero-order chi connectivity index (χ0) is 17.2. The first-order valence-corrected chi connectivity index (χ1v) is 8.10. The predicted octanol–water partition coefficient (Wildman–Crippen LogP) is 2.30. The first-order valence-electron chi connectivity index (χ1n) is 8.10. The molecule has 0 aromatic heterocycles. The second-order valence-corrected chi connectivity index (χ2v) is 5.31. The number of carbonyl (C=O) groups excluding carboxylic acids is 1. The van der Waals surface area contributed by atoms with Crippen molar-refractivity contribution in [2.45, 2.75) is 20.0 Å². The summed E-state index contributed by atoms with van der Waals surface area (Å²) in [7, 11) is 1.63. The number of aliphatic imine (C=N–C) groups is 1. The van der Waals surface area contributed by atoms with Crippen LogP contribution in [-0.2, 0) is 13.1 Å². The summed E-state index contributed by atoms with van der Waals surface area (Å²) in [4.78, 5) is 16.3. The van der Waals surface area contributed by atoms with Crippen molar-refractivity contribution in [1.82, 2.24) is 16.0 Å². The van der Waals surface area contributed by atoms with Crippen molar-refractivity contribution in [3.8, 4) is 0 Å². The molecule has 0 bridgehead atoms. The van der Waals surface area contributed by atoms with Gasteiger partial charge in [-0.25, -0.2) is 4.99 Å². The highest BCUT2D eigenvalue weighted by Gasteiger charge is 2.04. The summed E-state index contributed by atoms with van der Waals surface area (Å²) in [5, 5.41) is 9.18. The lowest BCUT2D eigenvalue weighted by atomic mass is 10.1. The van der Waals surface area contributed by atoms with Crippen LogP contribution in [0, 0.1) is 0 Å². The molecule has 0 spiro atoms. The van der Waals surface area contributed by atoms with Crippen LogP contribution in [0.1, 0.15) is 28.4 Å². The van der Waals surface area contributed by atoms with Crippen LogP contribution in [0.25, 0.3) is 0 Å². The number of benzene rings is 2. The third kappa shape index (κ3) is 5.43. The van der Waals surface area contributed by atoms with E-state index >= 15 is 0 Å². The van der Waals surface area contributed by atoms with E-state index in [4.69, 9.17) is 0 Å². The Morgan fingerprint density at radius 3 is 2.46 bits per heavy atom. The number of hydrogen-bond donors (Lipinski definition) is 3. The molecule has 24 heavy (non-hydrogen) atoms. The highest BCUT2D eigenvalue weighted by Crippen LogP contribution is 2.06. The lowest BCUT2D eigenvalue weighted by Crippen LogP contribution is -2.36. The second-order valence-electron chi connectivity index (χ2n) is 5.31. The second kappa shape index (κ2) is 9.35. The molecule has 2 aromatic carbocycles. The SMILES string of the molecule is CCNC(=NCc1cccc(C(=O)NC)c1)NCc1ccccc1. The van der Waals surface area contributed by atoms with E-state index in [0.717, 1.165) is 18.1 Å². The summed E-state index contributed by atoms with van der Waals surface area (Å²) in [6.07, 6.45) is 0. The zero-order valence-electron chi connectivity index (χ0n) is 14.2. The summed E-state index contributed by atoms with van der Waals surface area (Å²) in [5.41, 5.74) is 2.84. The Kier molecular flexibility index (Phi) is 6.83. The number of carbonyl (C=O) groups is 1. The first-order chi connectivity index (χ1) is 11.7. The molecule has 5 nitrogen and oxygen atoms in total. The van der Waals surface area contributed by atoms with Gasteiger partial charge in [-0.15, -0.1) is 0 Å². The minimum Gasteiger partial charge on any atom is -0.357 e. The molecule has 1 amide bonds. The molecule has 0 unspecified atom stereocenters. The molecule has 0 saturated carbocycles. The van der Waals surface area contributed by atoms with Gasteiger partial charge in [-0.1, -0.05) is 42.5 Å². The Balaban J connectivity index is 2.01. The van der Waals surface area contributed by atoms with Crippen LogP contribution in [0.3, 0.4) is 0 Å². The third-order valence-electron chi connectivity index (χ3n) is 3.48. The van der Waals surface area contributed by atoms with E-state index in [1.807, 2.05) is 43.3 Å². The van der Waals surface area contributed by atoms with Crippen LogP contribution in [0.15, 0.2) is 59.6 Å². The van der Waals surface area contributed by atoms with Gasteiger partial charge in [-0.05, 0) is 30.2 Å². The Hall–Kier alpha value is -2.82. The molecule has 3 N–H and O–H groups in total. The van der Waals surface area contributed by atoms with Crippen LogP contribution in [0.2, 0.25) is 0 Å². The number of hydrogen-bond acceptors (Lipinski definition) is 2. The standard InChI is InChI=1S/C19H24N4O/c1-3-21-19(22-13-15-8-5-4-6-9-15)23-14-16-10-7-11-17(12-16)18(24)20-2/h4-12H,3,13-14H2,1-2H3,(H,20,24)(H2,21,22,23). The summed E-state index contributed by atoms with van der Waals surface area (Å²) in [6.45, 7) is 4.05. The molecule has 2 rings (SSSR count). The third-order valence-corrected chi connectivity index (χ3v) is 3.48. The molecule has 0 aliphatic carbocycles. The molecule has 5 heteroatoms. The molecule has 0 saturated heterocycles. The molecule has 0 aliphatic heterocycles. The first kappa shape index (κ1) is 17.5. The maximum Gasteiger partial charge on any atom is 0.251 e. The van der Waals surface area contributed by atoms with E-state index < -0.39 is 0 Å². The predicted molar refractivity (Wildman–Crippen MR) is 97.9 cm³/mol. The Morgan fingerprint density at radius 1 is 1.00 bits per heavy atom. The molecule has 0 atom stereocenters. The number of amides is 1.